The molecule has 166 valence electrons. The molecule has 3 aromatic rings. The third-order valence-electron chi connectivity index (χ3n) is 5.32. The molecule has 0 aliphatic carbocycles. The molecule has 1 aromatic heterocycles. The largest absolute Gasteiger partial charge is 0.497 e. The van der Waals surface area contributed by atoms with E-state index in [0.29, 0.717) is 35.5 Å². The number of rotatable bonds is 7. The zero-order valence-corrected chi connectivity index (χ0v) is 18.8. The first-order chi connectivity index (χ1) is 15.5. The molecule has 0 bridgehead atoms. The summed E-state index contributed by atoms with van der Waals surface area (Å²) in [6.07, 6.45) is 0. The molecular formula is C23H23FN4O3S. The van der Waals surface area contributed by atoms with E-state index in [1.807, 2.05) is 36.1 Å². The highest BCUT2D eigenvalue weighted by molar-refractivity contribution is 7.80. The van der Waals surface area contributed by atoms with Crippen LogP contribution in [0.15, 0.2) is 58.8 Å². The molecule has 0 saturated heterocycles. The first kappa shape index (κ1) is 21.9. The molecule has 7 nitrogen and oxygen atoms in total. The molecular weight excluding hydrogens is 431 g/mol. The lowest BCUT2D eigenvalue weighted by Gasteiger charge is -2.37. The van der Waals surface area contributed by atoms with Gasteiger partial charge in [0.15, 0.2) is 5.11 Å². The van der Waals surface area contributed by atoms with Crippen molar-refractivity contribution in [2.45, 2.75) is 13.0 Å². The van der Waals surface area contributed by atoms with Crippen LogP contribution in [0.1, 0.15) is 24.4 Å². The van der Waals surface area contributed by atoms with E-state index in [1.165, 1.54) is 12.1 Å². The summed E-state index contributed by atoms with van der Waals surface area (Å²) < 4.78 is 29.5. The van der Waals surface area contributed by atoms with E-state index in [2.05, 4.69) is 15.5 Å². The van der Waals surface area contributed by atoms with Crippen LogP contribution in [-0.2, 0) is 4.74 Å². The number of nitrogens with one attached hydrogen (secondary N) is 1. The monoisotopic (exact) mass is 454 g/mol. The van der Waals surface area contributed by atoms with Crippen LogP contribution in [0.5, 0.6) is 5.75 Å². The predicted octanol–water partition coefficient (Wildman–Crippen LogP) is 4.19. The Kier molecular flexibility index (Phi) is 6.48. The second kappa shape index (κ2) is 9.46. The molecule has 1 atom stereocenters. The zero-order valence-electron chi connectivity index (χ0n) is 18.0. The van der Waals surface area contributed by atoms with Gasteiger partial charge in [0.2, 0.25) is 5.82 Å². The van der Waals surface area contributed by atoms with Crippen molar-refractivity contribution in [3.05, 3.63) is 71.5 Å². The fourth-order valence-electron chi connectivity index (χ4n) is 3.61. The van der Waals surface area contributed by atoms with Crippen LogP contribution in [0.2, 0.25) is 0 Å². The number of methoxy groups -OCH3 is 2. The Bertz CT molecular complexity index is 1130. The molecule has 4 rings (SSSR count). The maximum atomic E-state index is 13.3. The third kappa shape index (κ3) is 4.35. The van der Waals surface area contributed by atoms with Crippen molar-refractivity contribution in [2.24, 2.45) is 0 Å². The lowest BCUT2D eigenvalue weighted by atomic mass is 9.94. The van der Waals surface area contributed by atoms with E-state index in [9.17, 15) is 4.39 Å². The van der Waals surface area contributed by atoms with Crippen LogP contribution >= 0.6 is 12.2 Å². The standard InChI is InChI=1S/C23H23FN4O3S/c1-14-19(22-26-21(27-31-22)16-4-8-17(24)9-5-16)20(15-6-10-18(30-3)11-7-15)25-23(32)28(14)12-13-29-2/h4-11,20H,12-13H2,1-3H3,(H,25,32). The summed E-state index contributed by atoms with van der Waals surface area (Å²) in [6.45, 7) is 3.05. The summed E-state index contributed by atoms with van der Waals surface area (Å²) >= 11 is 5.64. The van der Waals surface area contributed by atoms with E-state index >= 15 is 0 Å². The van der Waals surface area contributed by atoms with Crippen molar-refractivity contribution in [1.29, 1.82) is 0 Å². The summed E-state index contributed by atoms with van der Waals surface area (Å²) in [5, 5.41) is 8.10. The van der Waals surface area contributed by atoms with E-state index < -0.39 is 0 Å². The second-order valence-electron chi connectivity index (χ2n) is 7.23. The van der Waals surface area contributed by atoms with Gasteiger partial charge in [0.1, 0.15) is 11.6 Å². The Morgan fingerprint density at radius 3 is 2.50 bits per heavy atom. The van der Waals surface area contributed by atoms with Gasteiger partial charge >= 0.3 is 0 Å². The van der Waals surface area contributed by atoms with Gasteiger partial charge in [0, 0.05) is 24.9 Å². The molecule has 1 N–H and O–H groups in total. The van der Waals surface area contributed by atoms with Crippen molar-refractivity contribution in [1.82, 2.24) is 20.4 Å². The Morgan fingerprint density at radius 2 is 1.84 bits per heavy atom. The van der Waals surface area contributed by atoms with Gasteiger partial charge in [0.25, 0.3) is 5.89 Å². The van der Waals surface area contributed by atoms with Gasteiger partial charge in [-0.2, -0.15) is 4.98 Å². The number of thiocarbonyl (C=S) groups is 1. The molecule has 32 heavy (non-hydrogen) atoms. The highest BCUT2D eigenvalue weighted by Crippen LogP contribution is 2.37. The lowest BCUT2D eigenvalue weighted by molar-refractivity contribution is 0.183. The molecule has 0 spiro atoms. The minimum absolute atomic E-state index is 0.297. The van der Waals surface area contributed by atoms with E-state index in [4.69, 9.17) is 26.2 Å². The van der Waals surface area contributed by atoms with Gasteiger partial charge in [-0.05, 0) is 61.1 Å². The zero-order chi connectivity index (χ0) is 22.7. The van der Waals surface area contributed by atoms with E-state index in [-0.39, 0.29) is 11.9 Å². The average Bonchev–Trinajstić information content (AvgIpc) is 3.29. The van der Waals surface area contributed by atoms with Gasteiger partial charge in [-0.15, -0.1) is 0 Å². The molecule has 0 fully saturated rings. The quantitative estimate of drug-likeness (QED) is 0.533. The molecule has 1 aliphatic heterocycles. The van der Waals surface area contributed by atoms with Gasteiger partial charge in [-0.1, -0.05) is 17.3 Å². The predicted molar refractivity (Wildman–Crippen MR) is 122 cm³/mol. The molecule has 0 radical (unpaired) electrons. The Morgan fingerprint density at radius 1 is 1.12 bits per heavy atom. The van der Waals surface area contributed by atoms with Crippen molar-refractivity contribution >= 4 is 22.9 Å². The lowest BCUT2D eigenvalue weighted by Crippen LogP contribution is -2.47. The van der Waals surface area contributed by atoms with Crippen LogP contribution in [0.25, 0.3) is 17.0 Å². The molecule has 0 amide bonds. The first-order valence-electron chi connectivity index (χ1n) is 10.0. The number of hydrogen-bond donors (Lipinski definition) is 1. The summed E-state index contributed by atoms with van der Waals surface area (Å²) in [7, 11) is 3.27. The maximum absolute atomic E-state index is 13.3. The number of hydrogen-bond acceptors (Lipinski definition) is 6. The maximum Gasteiger partial charge on any atom is 0.258 e. The van der Waals surface area contributed by atoms with Crippen molar-refractivity contribution < 1.29 is 18.4 Å². The second-order valence-corrected chi connectivity index (χ2v) is 7.62. The van der Waals surface area contributed by atoms with Crippen LogP contribution < -0.4 is 10.1 Å². The van der Waals surface area contributed by atoms with Crippen LogP contribution in [0, 0.1) is 5.82 Å². The number of ether oxygens (including phenoxy) is 2. The smallest absolute Gasteiger partial charge is 0.258 e. The molecule has 2 aromatic carbocycles. The molecule has 0 saturated carbocycles. The topological polar surface area (TPSA) is 72.7 Å². The van der Waals surface area contributed by atoms with Gasteiger partial charge in [0.05, 0.1) is 25.3 Å². The fourth-order valence-corrected chi connectivity index (χ4v) is 3.95. The molecule has 1 aliphatic rings. The number of halogens is 1. The fraction of sp³-hybridized carbons (Fsp3) is 0.261. The summed E-state index contributed by atoms with van der Waals surface area (Å²) in [4.78, 5) is 6.56. The van der Waals surface area contributed by atoms with E-state index in [1.54, 1.807) is 26.4 Å². The van der Waals surface area contributed by atoms with Crippen LogP contribution in [0.3, 0.4) is 0 Å². The van der Waals surface area contributed by atoms with Crippen molar-refractivity contribution in [2.75, 3.05) is 27.4 Å². The molecule has 9 heteroatoms. The van der Waals surface area contributed by atoms with Gasteiger partial charge in [-0.25, -0.2) is 4.39 Å². The van der Waals surface area contributed by atoms with Crippen LogP contribution in [0.4, 0.5) is 4.39 Å². The number of aromatic nitrogens is 2. The minimum Gasteiger partial charge on any atom is -0.497 e. The Hall–Kier alpha value is -3.30. The SMILES string of the molecule is COCCN1C(=S)NC(c2ccc(OC)cc2)C(c2nc(-c3ccc(F)cc3)no2)=C1C. The van der Waals surface area contributed by atoms with Crippen molar-refractivity contribution in [3.63, 3.8) is 0 Å². The molecule has 2 heterocycles. The number of allylic oxidation sites excluding steroid dienone is 1. The summed E-state index contributed by atoms with van der Waals surface area (Å²) in [5.74, 6) is 1.17. The Balaban J connectivity index is 1.77. The number of nitrogens with zero attached hydrogens (tertiary/aromatic N) is 3. The average molecular weight is 455 g/mol. The number of benzene rings is 2. The van der Waals surface area contributed by atoms with Crippen molar-refractivity contribution in [3.8, 4) is 17.1 Å². The summed E-state index contributed by atoms with van der Waals surface area (Å²) in [6, 6.07) is 13.4. The third-order valence-corrected chi connectivity index (χ3v) is 5.66. The van der Waals surface area contributed by atoms with Gasteiger partial charge < -0.3 is 24.2 Å². The van der Waals surface area contributed by atoms with Gasteiger partial charge in [-0.3, -0.25) is 0 Å². The normalized spacial score (nSPS) is 16.3. The Labute approximate surface area is 190 Å². The molecule has 1 unspecified atom stereocenters. The first-order valence-corrected chi connectivity index (χ1v) is 10.4. The van der Waals surface area contributed by atoms with Crippen LogP contribution in [-0.4, -0.2) is 47.5 Å². The van der Waals surface area contributed by atoms with E-state index in [0.717, 1.165) is 22.6 Å². The highest BCUT2D eigenvalue weighted by atomic mass is 32.1. The summed E-state index contributed by atoms with van der Waals surface area (Å²) in [5.41, 5.74) is 3.33. The minimum atomic E-state index is -0.325. The highest BCUT2D eigenvalue weighted by Gasteiger charge is 2.34.